The van der Waals surface area contributed by atoms with E-state index in [1.807, 2.05) is 12.1 Å². The lowest BCUT2D eigenvalue weighted by molar-refractivity contribution is 0.0528. The summed E-state index contributed by atoms with van der Waals surface area (Å²) in [6.45, 7) is 5.76. The van der Waals surface area contributed by atoms with Gasteiger partial charge in [0.25, 0.3) is 0 Å². The lowest BCUT2D eigenvalue weighted by Crippen LogP contribution is -2.43. The summed E-state index contributed by atoms with van der Waals surface area (Å²) in [5.41, 5.74) is 3.29. The molecule has 3 atom stereocenters. The average Bonchev–Trinajstić information content (AvgIpc) is 3.61. The van der Waals surface area contributed by atoms with Crippen LogP contribution in [0.5, 0.6) is 17.2 Å². The first-order chi connectivity index (χ1) is 15.0. The number of rotatable bonds is 6. The van der Waals surface area contributed by atoms with Gasteiger partial charge in [-0.1, -0.05) is 48.5 Å². The zero-order valence-corrected chi connectivity index (χ0v) is 18.2. The van der Waals surface area contributed by atoms with Crippen molar-refractivity contribution in [3.8, 4) is 17.2 Å². The van der Waals surface area contributed by atoms with E-state index < -0.39 is 5.60 Å². The van der Waals surface area contributed by atoms with Gasteiger partial charge in [0, 0.05) is 23.5 Å². The molecule has 2 aliphatic heterocycles. The second kappa shape index (κ2) is 7.93. The summed E-state index contributed by atoms with van der Waals surface area (Å²) >= 11 is 0. The van der Waals surface area contributed by atoms with Crippen LogP contribution in [-0.4, -0.2) is 32.0 Å². The van der Waals surface area contributed by atoms with Gasteiger partial charge >= 0.3 is 0 Å². The molecule has 3 aromatic rings. The van der Waals surface area contributed by atoms with Gasteiger partial charge in [-0.3, -0.25) is 0 Å². The number of fused-ring (bicyclic) bond motifs is 1. The molecule has 0 bridgehead atoms. The van der Waals surface area contributed by atoms with E-state index in [2.05, 4.69) is 74.5 Å². The highest BCUT2D eigenvalue weighted by Gasteiger charge is 2.45. The molecule has 1 saturated heterocycles. The first-order valence-corrected chi connectivity index (χ1v) is 10.8. The lowest BCUT2D eigenvalue weighted by atomic mass is 9.68. The van der Waals surface area contributed by atoms with Crippen LogP contribution in [-0.2, 0) is 4.74 Å². The average molecular weight is 417 g/mol. The molecule has 0 N–H and O–H groups in total. The van der Waals surface area contributed by atoms with Crippen LogP contribution in [0.15, 0.2) is 72.8 Å². The Morgan fingerprint density at radius 2 is 1.61 bits per heavy atom. The van der Waals surface area contributed by atoms with Crippen LogP contribution in [0.4, 0.5) is 0 Å². The standard InChI is InChI=1S/C27H28O4/c1-27(2)26(19-7-5-4-6-8-19)25(23-14-13-21(28-3)15-24(23)31-27)18-9-11-20(12-10-18)29-16-22-17-30-22/h4-15,22,25-26H,16-17H2,1-3H3/t22?,25-,26-/m0/s1. The van der Waals surface area contributed by atoms with E-state index >= 15 is 0 Å². The van der Waals surface area contributed by atoms with Gasteiger partial charge < -0.3 is 18.9 Å². The van der Waals surface area contributed by atoms with Gasteiger partial charge in [0.05, 0.1) is 13.7 Å². The molecule has 2 aliphatic rings. The highest BCUT2D eigenvalue weighted by Crippen LogP contribution is 2.53. The van der Waals surface area contributed by atoms with E-state index in [9.17, 15) is 0 Å². The molecular weight excluding hydrogens is 388 g/mol. The molecule has 0 aliphatic carbocycles. The van der Waals surface area contributed by atoms with Gasteiger partial charge in [0.1, 0.15) is 35.6 Å². The van der Waals surface area contributed by atoms with Gasteiger partial charge in [-0.25, -0.2) is 0 Å². The third kappa shape index (κ3) is 4.00. The molecule has 1 fully saturated rings. The smallest absolute Gasteiger partial charge is 0.127 e. The van der Waals surface area contributed by atoms with Crippen LogP contribution in [0.25, 0.3) is 0 Å². The molecule has 0 saturated carbocycles. The zero-order valence-electron chi connectivity index (χ0n) is 18.2. The predicted molar refractivity (Wildman–Crippen MR) is 120 cm³/mol. The van der Waals surface area contributed by atoms with Crippen molar-refractivity contribution in [2.24, 2.45) is 0 Å². The van der Waals surface area contributed by atoms with E-state index in [1.165, 1.54) is 16.7 Å². The van der Waals surface area contributed by atoms with Gasteiger partial charge in [-0.2, -0.15) is 0 Å². The number of hydrogen-bond acceptors (Lipinski definition) is 4. The molecular formula is C27H28O4. The zero-order chi connectivity index (χ0) is 21.4. The second-order valence-corrected chi connectivity index (χ2v) is 8.81. The highest BCUT2D eigenvalue weighted by atomic mass is 16.6. The van der Waals surface area contributed by atoms with E-state index in [0.29, 0.717) is 6.61 Å². The maximum Gasteiger partial charge on any atom is 0.127 e. The Hall–Kier alpha value is -2.98. The molecule has 4 heteroatoms. The molecule has 1 unspecified atom stereocenters. The normalized spacial score (nSPS) is 23.4. The van der Waals surface area contributed by atoms with E-state index in [4.69, 9.17) is 18.9 Å². The fraction of sp³-hybridized carbons (Fsp3) is 0.333. The molecule has 3 aromatic carbocycles. The van der Waals surface area contributed by atoms with Gasteiger partial charge in [0.2, 0.25) is 0 Å². The van der Waals surface area contributed by atoms with Crippen molar-refractivity contribution in [3.63, 3.8) is 0 Å². The fourth-order valence-corrected chi connectivity index (χ4v) is 4.67. The van der Waals surface area contributed by atoms with Crippen molar-refractivity contribution in [2.45, 2.75) is 37.4 Å². The Bertz CT molecular complexity index is 1040. The predicted octanol–water partition coefficient (Wildman–Crippen LogP) is 5.56. The minimum Gasteiger partial charge on any atom is -0.497 e. The van der Waals surface area contributed by atoms with Crippen molar-refractivity contribution in [3.05, 3.63) is 89.5 Å². The Morgan fingerprint density at radius 3 is 2.29 bits per heavy atom. The monoisotopic (exact) mass is 416 g/mol. The van der Waals surface area contributed by atoms with Crippen molar-refractivity contribution in [2.75, 3.05) is 20.3 Å². The molecule has 0 spiro atoms. The number of benzene rings is 3. The molecule has 31 heavy (non-hydrogen) atoms. The lowest BCUT2D eigenvalue weighted by Gasteiger charge is -2.45. The minimum absolute atomic E-state index is 0.146. The van der Waals surface area contributed by atoms with E-state index in [1.54, 1.807) is 7.11 Å². The van der Waals surface area contributed by atoms with Crippen LogP contribution >= 0.6 is 0 Å². The summed E-state index contributed by atoms with van der Waals surface area (Å²) in [7, 11) is 1.69. The minimum atomic E-state index is -0.399. The Morgan fingerprint density at radius 1 is 0.903 bits per heavy atom. The first-order valence-electron chi connectivity index (χ1n) is 10.8. The summed E-state index contributed by atoms with van der Waals surface area (Å²) in [5.74, 6) is 2.86. The number of epoxide rings is 1. The van der Waals surface area contributed by atoms with Crippen LogP contribution in [0.2, 0.25) is 0 Å². The van der Waals surface area contributed by atoms with E-state index in [0.717, 1.165) is 23.9 Å². The van der Waals surface area contributed by atoms with Crippen molar-refractivity contribution in [1.29, 1.82) is 0 Å². The van der Waals surface area contributed by atoms with Gasteiger partial charge in [-0.15, -0.1) is 0 Å². The second-order valence-electron chi connectivity index (χ2n) is 8.81. The largest absolute Gasteiger partial charge is 0.497 e. The Balaban J connectivity index is 1.57. The molecule has 5 rings (SSSR count). The van der Waals surface area contributed by atoms with Crippen LogP contribution in [0, 0.1) is 0 Å². The number of methoxy groups -OCH3 is 1. The van der Waals surface area contributed by atoms with Crippen LogP contribution in [0.3, 0.4) is 0 Å². The van der Waals surface area contributed by atoms with E-state index in [-0.39, 0.29) is 17.9 Å². The number of hydrogen-bond donors (Lipinski definition) is 0. The third-order valence-corrected chi connectivity index (χ3v) is 6.25. The van der Waals surface area contributed by atoms with Crippen LogP contribution < -0.4 is 14.2 Å². The molecule has 0 amide bonds. The molecule has 160 valence electrons. The van der Waals surface area contributed by atoms with Crippen molar-refractivity contribution in [1.82, 2.24) is 0 Å². The maximum absolute atomic E-state index is 6.56. The van der Waals surface area contributed by atoms with Crippen molar-refractivity contribution >= 4 is 0 Å². The SMILES string of the molecule is COc1ccc2c(c1)OC(C)(C)[C@@H](c1ccccc1)[C@H]2c1ccc(OCC2CO2)cc1. The maximum atomic E-state index is 6.56. The molecule has 2 heterocycles. The van der Waals surface area contributed by atoms with Gasteiger partial charge in [-0.05, 0) is 43.2 Å². The van der Waals surface area contributed by atoms with Crippen LogP contribution in [0.1, 0.15) is 42.4 Å². The summed E-state index contributed by atoms with van der Waals surface area (Å²) in [4.78, 5) is 0. The topological polar surface area (TPSA) is 40.2 Å². The molecule has 0 aromatic heterocycles. The molecule has 0 radical (unpaired) electrons. The third-order valence-electron chi connectivity index (χ3n) is 6.25. The quantitative estimate of drug-likeness (QED) is 0.493. The highest BCUT2D eigenvalue weighted by molar-refractivity contribution is 5.52. The Labute approximate surface area is 183 Å². The summed E-state index contributed by atoms with van der Waals surface area (Å²) in [6.07, 6.45) is 0.250. The fourth-order valence-electron chi connectivity index (χ4n) is 4.67. The number of ether oxygens (including phenoxy) is 4. The van der Waals surface area contributed by atoms with Crippen molar-refractivity contribution < 1.29 is 18.9 Å². The summed E-state index contributed by atoms with van der Waals surface area (Å²) < 4.78 is 23.1. The first kappa shape index (κ1) is 20.0. The summed E-state index contributed by atoms with van der Waals surface area (Å²) in [5, 5.41) is 0. The Kier molecular flexibility index (Phi) is 5.11. The molecule has 4 nitrogen and oxygen atoms in total. The van der Waals surface area contributed by atoms with Gasteiger partial charge in [0.15, 0.2) is 0 Å². The summed E-state index contributed by atoms with van der Waals surface area (Å²) in [6, 6.07) is 25.3.